The number of β-amino-alcohol motifs (C(OH)–C–C–N with tert-alkyl or cyclic N) is 1. The van der Waals surface area contributed by atoms with Crippen molar-refractivity contribution >= 4 is 21.6 Å². The van der Waals surface area contributed by atoms with Gasteiger partial charge in [0, 0.05) is 13.1 Å². The van der Waals surface area contributed by atoms with Crippen LogP contribution < -0.4 is 0 Å². The average Bonchev–Trinajstić information content (AvgIpc) is 2.37. The third-order valence-corrected chi connectivity index (χ3v) is 5.49. The summed E-state index contributed by atoms with van der Waals surface area (Å²) in [5.41, 5.74) is -0.780. The molecule has 1 N–H and O–H groups in total. The van der Waals surface area contributed by atoms with E-state index in [0.717, 1.165) is 0 Å². The number of benzene rings is 1. The molecule has 0 aromatic heterocycles. The van der Waals surface area contributed by atoms with Crippen molar-refractivity contribution in [3.63, 3.8) is 0 Å². The van der Waals surface area contributed by atoms with E-state index in [1.165, 1.54) is 22.5 Å². The highest BCUT2D eigenvalue weighted by atomic mass is 35.5. The molecular formula is C13H15ClN2O3S. The minimum Gasteiger partial charge on any atom is -0.389 e. The number of nitriles is 1. The molecule has 1 aliphatic rings. The van der Waals surface area contributed by atoms with E-state index in [4.69, 9.17) is 16.9 Å². The molecule has 5 nitrogen and oxygen atoms in total. The molecule has 1 saturated heterocycles. The summed E-state index contributed by atoms with van der Waals surface area (Å²) in [5.74, 6) is 0. The summed E-state index contributed by atoms with van der Waals surface area (Å²) in [7, 11) is -3.70. The van der Waals surface area contributed by atoms with Crippen LogP contribution in [0.3, 0.4) is 0 Å². The van der Waals surface area contributed by atoms with Gasteiger partial charge in [-0.2, -0.15) is 9.57 Å². The molecule has 20 heavy (non-hydrogen) atoms. The first-order valence-corrected chi connectivity index (χ1v) is 8.00. The van der Waals surface area contributed by atoms with E-state index >= 15 is 0 Å². The Kier molecular flexibility index (Phi) is 4.07. The van der Waals surface area contributed by atoms with E-state index in [-0.39, 0.29) is 22.0 Å². The fourth-order valence-corrected chi connectivity index (χ4v) is 4.19. The van der Waals surface area contributed by atoms with Crippen molar-refractivity contribution in [3.05, 3.63) is 28.8 Å². The van der Waals surface area contributed by atoms with Crippen LogP contribution in [0.25, 0.3) is 0 Å². The highest BCUT2D eigenvalue weighted by molar-refractivity contribution is 7.89. The third kappa shape index (κ3) is 2.96. The van der Waals surface area contributed by atoms with Crippen molar-refractivity contribution < 1.29 is 13.5 Å². The minimum absolute atomic E-state index is 0.0409. The zero-order valence-electron chi connectivity index (χ0n) is 11.0. The van der Waals surface area contributed by atoms with Gasteiger partial charge >= 0.3 is 0 Å². The zero-order valence-corrected chi connectivity index (χ0v) is 12.6. The number of aliphatic hydroxyl groups is 1. The van der Waals surface area contributed by atoms with Crippen molar-refractivity contribution in [2.45, 2.75) is 30.3 Å². The molecule has 1 aromatic rings. The Balaban J connectivity index is 2.36. The van der Waals surface area contributed by atoms with Crippen LogP contribution in [0, 0.1) is 11.3 Å². The second-order valence-corrected chi connectivity index (χ2v) is 7.54. The van der Waals surface area contributed by atoms with Gasteiger partial charge in [0.05, 0.1) is 21.1 Å². The molecule has 1 aliphatic heterocycles. The van der Waals surface area contributed by atoms with Gasteiger partial charge in [0.25, 0.3) is 0 Å². The predicted octanol–water partition coefficient (Wildman–Crippen LogP) is 1.75. The topological polar surface area (TPSA) is 81.4 Å². The number of halogens is 1. The standard InChI is InChI=1S/C13H15ClN2O3S/c1-13(17)5-2-6-16(9-13)20(18,19)11-4-3-10(8-15)12(14)7-11/h3-4,7,17H,2,5-6,9H2,1H3. The monoisotopic (exact) mass is 314 g/mol. The van der Waals surface area contributed by atoms with Gasteiger partial charge in [0.1, 0.15) is 6.07 Å². The summed E-state index contributed by atoms with van der Waals surface area (Å²) >= 11 is 5.88. The van der Waals surface area contributed by atoms with Gasteiger partial charge < -0.3 is 5.11 Å². The molecule has 1 unspecified atom stereocenters. The summed E-state index contributed by atoms with van der Waals surface area (Å²) in [6.45, 7) is 2.06. The number of piperidine rings is 1. The van der Waals surface area contributed by atoms with Crippen molar-refractivity contribution in [1.82, 2.24) is 4.31 Å². The number of sulfonamides is 1. The molecule has 0 spiro atoms. The maximum absolute atomic E-state index is 12.5. The van der Waals surface area contributed by atoms with Crippen LogP contribution in [0.5, 0.6) is 0 Å². The van der Waals surface area contributed by atoms with Crippen LogP contribution in [-0.2, 0) is 10.0 Å². The minimum atomic E-state index is -3.70. The largest absolute Gasteiger partial charge is 0.389 e. The molecule has 2 rings (SSSR count). The quantitative estimate of drug-likeness (QED) is 0.901. The van der Waals surface area contributed by atoms with Crippen molar-refractivity contribution in [3.8, 4) is 6.07 Å². The lowest BCUT2D eigenvalue weighted by Crippen LogP contribution is -2.48. The predicted molar refractivity (Wildman–Crippen MR) is 74.8 cm³/mol. The summed E-state index contributed by atoms with van der Waals surface area (Å²) in [5, 5.41) is 18.9. The molecule has 0 saturated carbocycles. The molecule has 0 bridgehead atoms. The van der Waals surface area contributed by atoms with Crippen molar-refractivity contribution in [2.75, 3.05) is 13.1 Å². The molecule has 1 heterocycles. The molecule has 1 atom stereocenters. The van der Waals surface area contributed by atoms with Crippen LogP contribution >= 0.6 is 11.6 Å². The lowest BCUT2D eigenvalue weighted by molar-refractivity contribution is 0.00940. The normalized spacial score (nSPS) is 24.3. The van der Waals surface area contributed by atoms with Crippen molar-refractivity contribution in [2.24, 2.45) is 0 Å². The summed E-state index contributed by atoms with van der Waals surface area (Å²) < 4.78 is 26.3. The lowest BCUT2D eigenvalue weighted by Gasteiger charge is -2.35. The second-order valence-electron chi connectivity index (χ2n) is 5.19. The van der Waals surface area contributed by atoms with Crippen LogP contribution in [0.15, 0.2) is 23.1 Å². The molecule has 7 heteroatoms. The molecule has 1 aromatic carbocycles. The van der Waals surface area contributed by atoms with Gasteiger partial charge in [-0.15, -0.1) is 0 Å². The highest BCUT2D eigenvalue weighted by Crippen LogP contribution is 2.28. The lowest BCUT2D eigenvalue weighted by atomic mass is 9.97. The summed E-state index contributed by atoms with van der Waals surface area (Å²) in [6, 6.07) is 5.91. The molecule has 0 radical (unpaired) electrons. The molecule has 1 fully saturated rings. The maximum atomic E-state index is 12.5. The van der Waals surface area contributed by atoms with Gasteiger partial charge in [0.2, 0.25) is 10.0 Å². The molecule has 0 aliphatic carbocycles. The molecule has 0 amide bonds. The van der Waals surface area contributed by atoms with E-state index in [0.29, 0.717) is 19.4 Å². The van der Waals surface area contributed by atoms with Crippen molar-refractivity contribution in [1.29, 1.82) is 5.26 Å². The Morgan fingerprint density at radius 2 is 2.20 bits per heavy atom. The highest BCUT2D eigenvalue weighted by Gasteiger charge is 2.35. The van der Waals surface area contributed by atoms with E-state index in [1.807, 2.05) is 6.07 Å². The van der Waals surface area contributed by atoms with Gasteiger partial charge in [-0.05, 0) is 38.0 Å². The first-order chi connectivity index (χ1) is 9.26. The fraction of sp³-hybridized carbons (Fsp3) is 0.462. The van der Waals surface area contributed by atoms with Crippen LogP contribution in [0.1, 0.15) is 25.3 Å². The maximum Gasteiger partial charge on any atom is 0.243 e. The number of rotatable bonds is 2. The third-order valence-electron chi connectivity index (χ3n) is 3.34. The number of hydrogen-bond donors (Lipinski definition) is 1. The van der Waals surface area contributed by atoms with Crippen LogP contribution in [0.2, 0.25) is 5.02 Å². The number of hydrogen-bond acceptors (Lipinski definition) is 4. The fourth-order valence-electron chi connectivity index (χ4n) is 2.28. The molecular weight excluding hydrogens is 300 g/mol. The number of nitrogens with zero attached hydrogens (tertiary/aromatic N) is 2. The Bertz CT molecular complexity index is 665. The second kappa shape index (κ2) is 5.34. The average molecular weight is 315 g/mol. The van der Waals surface area contributed by atoms with E-state index < -0.39 is 15.6 Å². The smallest absolute Gasteiger partial charge is 0.243 e. The van der Waals surface area contributed by atoms with Gasteiger partial charge in [-0.25, -0.2) is 8.42 Å². The zero-order chi connectivity index (χ0) is 15.0. The first kappa shape index (κ1) is 15.3. The van der Waals surface area contributed by atoms with E-state index in [2.05, 4.69) is 0 Å². The van der Waals surface area contributed by atoms with E-state index in [9.17, 15) is 13.5 Å². The Hall–Kier alpha value is -1.13. The SMILES string of the molecule is CC1(O)CCCN(S(=O)(=O)c2ccc(C#N)c(Cl)c2)C1. The molecule has 108 valence electrons. The van der Waals surface area contributed by atoms with Crippen LogP contribution in [0.4, 0.5) is 0 Å². The van der Waals surface area contributed by atoms with Crippen LogP contribution in [-0.4, -0.2) is 36.5 Å². The van der Waals surface area contributed by atoms with Gasteiger partial charge in [-0.1, -0.05) is 11.6 Å². The van der Waals surface area contributed by atoms with Gasteiger partial charge in [-0.3, -0.25) is 0 Å². The summed E-state index contributed by atoms with van der Waals surface area (Å²) in [6.07, 6.45) is 1.18. The summed E-state index contributed by atoms with van der Waals surface area (Å²) in [4.78, 5) is 0.0409. The first-order valence-electron chi connectivity index (χ1n) is 6.18. The Morgan fingerprint density at radius 3 is 2.75 bits per heavy atom. The van der Waals surface area contributed by atoms with Gasteiger partial charge in [0.15, 0.2) is 0 Å². The Labute approximate surface area is 123 Å². The Morgan fingerprint density at radius 1 is 1.50 bits per heavy atom. The van der Waals surface area contributed by atoms with E-state index in [1.54, 1.807) is 6.92 Å².